The lowest BCUT2D eigenvalue weighted by atomic mass is 9.84. The maximum absolute atomic E-state index is 13.3. The molecule has 0 saturated heterocycles. The standard InChI is InChI=1S/C24H23ClF2N4O3/c1-13(2)31-20-17(19-9-10-28-30-19)11-14(12-18(20)23(3,4)22(31)33)21(32)29-15-5-7-16(8-6-15)34-24(25,26)27/h5-13H,1-4H3,(H,28,30)(H,29,32). The molecule has 178 valence electrons. The molecule has 7 nitrogen and oxygen atoms in total. The summed E-state index contributed by atoms with van der Waals surface area (Å²) in [5.74, 6) is -0.625. The van der Waals surface area contributed by atoms with Gasteiger partial charge in [-0.15, -0.1) is 8.78 Å². The Balaban J connectivity index is 1.73. The fourth-order valence-corrected chi connectivity index (χ4v) is 4.16. The maximum Gasteiger partial charge on any atom is 0.487 e. The first-order valence-corrected chi connectivity index (χ1v) is 11.0. The molecule has 2 N–H and O–H groups in total. The Hall–Kier alpha value is -3.46. The molecule has 1 aliphatic heterocycles. The monoisotopic (exact) mass is 488 g/mol. The van der Waals surface area contributed by atoms with Crippen molar-refractivity contribution in [3.63, 3.8) is 0 Å². The number of amides is 2. The summed E-state index contributed by atoms with van der Waals surface area (Å²) in [5.41, 5.74) is -1.12. The van der Waals surface area contributed by atoms with E-state index in [0.717, 1.165) is 11.3 Å². The smallest absolute Gasteiger partial charge is 0.420 e. The molecule has 0 unspecified atom stereocenters. The minimum Gasteiger partial charge on any atom is -0.420 e. The summed E-state index contributed by atoms with van der Waals surface area (Å²) in [6, 6.07) is 10.5. The lowest BCUT2D eigenvalue weighted by Crippen LogP contribution is -2.40. The van der Waals surface area contributed by atoms with E-state index in [1.807, 2.05) is 27.7 Å². The fourth-order valence-electron chi connectivity index (χ4n) is 4.07. The first kappa shape index (κ1) is 23.7. The van der Waals surface area contributed by atoms with Crippen LogP contribution in [0, 0.1) is 0 Å². The van der Waals surface area contributed by atoms with Crippen molar-refractivity contribution in [2.45, 2.75) is 44.7 Å². The van der Waals surface area contributed by atoms with E-state index in [1.54, 1.807) is 29.3 Å². The van der Waals surface area contributed by atoms with Crippen molar-refractivity contribution in [1.29, 1.82) is 0 Å². The van der Waals surface area contributed by atoms with E-state index in [4.69, 9.17) is 11.6 Å². The largest absolute Gasteiger partial charge is 0.487 e. The maximum atomic E-state index is 13.3. The highest BCUT2D eigenvalue weighted by atomic mass is 35.5. The Kier molecular flexibility index (Phi) is 5.85. The second-order valence-electron chi connectivity index (χ2n) is 8.81. The van der Waals surface area contributed by atoms with Crippen LogP contribution in [0.2, 0.25) is 0 Å². The van der Waals surface area contributed by atoms with Crippen LogP contribution in [0.5, 0.6) is 5.75 Å². The average molecular weight is 489 g/mol. The van der Waals surface area contributed by atoms with Crippen molar-refractivity contribution >= 4 is 34.8 Å². The van der Waals surface area contributed by atoms with Crippen LogP contribution in [0.1, 0.15) is 43.6 Å². The van der Waals surface area contributed by atoms with Gasteiger partial charge in [-0.3, -0.25) is 14.7 Å². The molecule has 0 spiro atoms. The number of halogens is 3. The average Bonchev–Trinajstić information content (AvgIpc) is 3.34. The number of benzene rings is 2. The third kappa shape index (κ3) is 4.35. The lowest BCUT2D eigenvalue weighted by Gasteiger charge is -2.25. The van der Waals surface area contributed by atoms with E-state index in [9.17, 15) is 18.4 Å². The van der Waals surface area contributed by atoms with Gasteiger partial charge in [-0.2, -0.15) is 5.10 Å². The third-order valence-electron chi connectivity index (χ3n) is 5.69. The Morgan fingerprint density at radius 1 is 1.21 bits per heavy atom. The fraction of sp³-hybridized carbons (Fsp3) is 0.292. The lowest BCUT2D eigenvalue weighted by molar-refractivity contribution is -0.122. The van der Waals surface area contributed by atoms with Crippen molar-refractivity contribution in [1.82, 2.24) is 10.2 Å². The van der Waals surface area contributed by atoms with Crippen LogP contribution >= 0.6 is 11.6 Å². The predicted octanol–water partition coefficient (Wildman–Crippen LogP) is 5.53. The number of nitrogens with one attached hydrogen (secondary N) is 2. The number of ether oxygens (including phenoxy) is 1. The number of carbonyl (C=O) groups excluding carboxylic acids is 2. The molecule has 0 saturated carbocycles. The summed E-state index contributed by atoms with van der Waals surface area (Å²) in [4.78, 5) is 28.2. The summed E-state index contributed by atoms with van der Waals surface area (Å²) >= 11 is 4.78. The highest BCUT2D eigenvalue weighted by Crippen LogP contribution is 2.48. The summed E-state index contributed by atoms with van der Waals surface area (Å²) in [6.45, 7) is 7.54. The first-order valence-electron chi connectivity index (χ1n) is 10.6. The number of hydrogen-bond donors (Lipinski definition) is 2. The Labute approximate surface area is 200 Å². The molecule has 3 aromatic rings. The molecule has 4 rings (SSSR count). The van der Waals surface area contributed by atoms with Crippen LogP contribution in [0.15, 0.2) is 48.7 Å². The van der Waals surface area contributed by atoms with Gasteiger partial charge in [0, 0.05) is 40.7 Å². The third-order valence-corrected chi connectivity index (χ3v) is 5.77. The molecule has 0 aliphatic carbocycles. The quantitative estimate of drug-likeness (QED) is 0.447. The molecule has 2 amide bonds. The van der Waals surface area contributed by atoms with E-state index in [2.05, 4.69) is 20.3 Å². The summed E-state index contributed by atoms with van der Waals surface area (Å²) in [5, 5.41) is 9.69. The van der Waals surface area contributed by atoms with E-state index in [0.29, 0.717) is 22.5 Å². The summed E-state index contributed by atoms with van der Waals surface area (Å²) < 4.78 is 29.9. The molecular formula is C24H23ClF2N4O3. The molecule has 34 heavy (non-hydrogen) atoms. The number of nitrogens with zero attached hydrogens (tertiary/aromatic N) is 2. The Bertz CT molecular complexity index is 1240. The zero-order valence-corrected chi connectivity index (χ0v) is 19.7. The van der Waals surface area contributed by atoms with Crippen LogP contribution in [0.3, 0.4) is 0 Å². The van der Waals surface area contributed by atoms with Crippen molar-refractivity contribution in [2.24, 2.45) is 0 Å². The molecule has 0 bridgehead atoms. The van der Waals surface area contributed by atoms with Crippen molar-refractivity contribution in [3.8, 4) is 17.0 Å². The predicted molar refractivity (Wildman–Crippen MR) is 125 cm³/mol. The molecule has 0 fully saturated rings. The number of aromatic amines is 1. The number of rotatable bonds is 6. The van der Waals surface area contributed by atoms with Gasteiger partial charge in [0.2, 0.25) is 5.91 Å². The van der Waals surface area contributed by atoms with Crippen molar-refractivity contribution in [3.05, 3.63) is 59.8 Å². The number of aromatic nitrogens is 2. The molecule has 1 aromatic heterocycles. The van der Waals surface area contributed by atoms with Gasteiger partial charge in [0.15, 0.2) is 0 Å². The van der Waals surface area contributed by atoms with Crippen molar-refractivity contribution < 1.29 is 23.1 Å². The number of anilines is 2. The molecule has 10 heteroatoms. The number of carbonyl (C=O) groups is 2. The zero-order chi connectivity index (χ0) is 24.8. The van der Waals surface area contributed by atoms with Crippen molar-refractivity contribution in [2.75, 3.05) is 10.2 Å². The number of hydrogen-bond acceptors (Lipinski definition) is 4. The van der Waals surface area contributed by atoms with Crippen LogP contribution < -0.4 is 15.0 Å². The van der Waals surface area contributed by atoms with Gasteiger partial charge in [-0.25, -0.2) is 0 Å². The van der Waals surface area contributed by atoms with Crippen LogP contribution in [0.25, 0.3) is 11.3 Å². The Morgan fingerprint density at radius 2 is 1.88 bits per heavy atom. The van der Waals surface area contributed by atoms with Crippen LogP contribution in [-0.2, 0) is 10.2 Å². The molecule has 2 aromatic carbocycles. The Morgan fingerprint density at radius 3 is 2.44 bits per heavy atom. The van der Waals surface area contributed by atoms with Gasteiger partial charge in [0.1, 0.15) is 5.75 Å². The molecule has 2 heterocycles. The minimum atomic E-state index is -3.83. The van der Waals surface area contributed by atoms with E-state index in [1.165, 1.54) is 24.3 Å². The minimum absolute atomic E-state index is 0.0532. The van der Waals surface area contributed by atoms with Gasteiger partial charge in [-0.05, 0) is 75.7 Å². The van der Waals surface area contributed by atoms with Gasteiger partial charge in [-0.1, -0.05) is 0 Å². The SMILES string of the molecule is CC(C)N1C(=O)C(C)(C)c2cc(C(=O)Nc3ccc(OC(F)(F)Cl)cc3)cc(-c3ccn[nH]3)c21. The highest BCUT2D eigenvalue weighted by molar-refractivity contribution is 6.20. The number of alkyl halides is 3. The molecular weight excluding hydrogens is 466 g/mol. The number of H-pyrrole nitrogens is 1. The molecule has 0 radical (unpaired) electrons. The van der Waals surface area contributed by atoms with E-state index < -0.39 is 16.9 Å². The molecule has 0 atom stereocenters. The first-order chi connectivity index (χ1) is 15.9. The zero-order valence-electron chi connectivity index (χ0n) is 18.9. The van der Waals surface area contributed by atoms with Gasteiger partial charge in [0.05, 0.1) is 16.8 Å². The van der Waals surface area contributed by atoms with E-state index in [-0.39, 0.29) is 17.7 Å². The number of fused-ring (bicyclic) bond motifs is 1. The van der Waals surface area contributed by atoms with Crippen LogP contribution in [-0.4, -0.2) is 33.6 Å². The topological polar surface area (TPSA) is 87.3 Å². The van der Waals surface area contributed by atoms with Gasteiger partial charge >= 0.3 is 5.57 Å². The van der Waals surface area contributed by atoms with Gasteiger partial charge < -0.3 is 15.0 Å². The van der Waals surface area contributed by atoms with Gasteiger partial charge in [0.25, 0.3) is 5.91 Å². The normalized spacial score (nSPS) is 14.9. The summed E-state index contributed by atoms with van der Waals surface area (Å²) in [7, 11) is 0. The van der Waals surface area contributed by atoms with Crippen LogP contribution in [0.4, 0.5) is 20.2 Å². The summed E-state index contributed by atoms with van der Waals surface area (Å²) in [6.07, 6.45) is 1.60. The second-order valence-corrected chi connectivity index (χ2v) is 9.25. The highest BCUT2D eigenvalue weighted by Gasteiger charge is 2.46. The molecule has 1 aliphatic rings. The van der Waals surface area contributed by atoms with E-state index >= 15 is 0 Å². The second kappa shape index (κ2) is 8.39.